The lowest BCUT2D eigenvalue weighted by atomic mass is 10.0. The van der Waals surface area contributed by atoms with Crippen molar-refractivity contribution in [3.05, 3.63) is 29.8 Å². The van der Waals surface area contributed by atoms with E-state index in [1.165, 1.54) is 51.2 Å². The van der Waals surface area contributed by atoms with Crippen molar-refractivity contribution in [2.24, 2.45) is 0 Å². The molecule has 1 rings (SSSR count). The molecule has 1 aromatic rings. The van der Waals surface area contributed by atoms with E-state index < -0.39 is 0 Å². The maximum atomic E-state index is 10.9. The number of methoxy groups -OCH3 is 1. The number of carbonyl (C=O) groups excluding carboxylic acids is 1. The number of benzene rings is 1. The van der Waals surface area contributed by atoms with Gasteiger partial charge < -0.3 is 28.4 Å². The third-order valence-electron chi connectivity index (χ3n) is 5.03. The Balaban J connectivity index is 1.84. The Hall–Kier alpha value is -1.67. The van der Waals surface area contributed by atoms with Gasteiger partial charge >= 0.3 is 5.97 Å². The van der Waals surface area contributed by atoms with Gasteiger partial charge in [-0.2, -0.15) is 0 Å². The largest absolute Gasteiger partial charge is 0.491 e. The lowest BCUT2D eigenvalue weighted by Gasteiger charge is -2.09. The standard InChI is InChI=1S/C26H44O7/c1-3-4-5-6-7-8-9-24-10-12-25(13-11-24)33-23-22-32-21-20-31-19-18-30-17-16-29-15-14-26(27)28-2/h10-13H,3-9,14-23H2,1-2H3. The molecule has 7 nitrogen and oxygen atoms in total. The van der Waals surface area contributed by atoms with Crippen LogP contribution in [-0.4, -0.2) is 72.5 Å². The Morgan fingerprint density at radius 1 is 0.667 bits per heavy atom. The molecule has 0 radical (unpaired) electrons. The van der Waals surface area contributed by atoms with E-state index in [0.29, 0.717) is 59.5 Å². The van der Waals surface area contributed by atoms with Crippen molar-refractivity contribution in [2.45, 2.75) is 58.3 Å². The maximum Gasteiger partial charge on any atom is 0.307 e. The second kappa shape index (κ2) is 22.1. The molecule has 0 saturated heterocycles. The van der Waals surface area contributed by atoms with Crippen LogP contribution in [0.4, 0.5) is 0 Å². The summed E-state index contributed by atoms with van der Waals surface area (Å²) in [7, 11) is 1.36. The number of hydrogen-bond donors (Lipinski definition) is 0. The Morgan fingerprint density at radius 2 is 1.18 bits per heavy atom. The van der Waals surface area contributed by atoms with Crippen LogP contribution in [-0.2, 0) is 34.9 Å². The summed E-state index contributed by atoms with van der Waals surface area (Å²) in [5, 5.41) is 0. The van der Waals surface area contributed by atoms with Crippen LogP contribution in [0.1, 0.15) is 57.4 Å². The predicted octanol–water partition coefficient (Wildman–Crippen LogP) is 4.60. The van der Waals surface area contributed by atoms with Gasteiger partial charge in [-0.05, 0) is 30.5 Å². The van der Waals surface area contributed by atoms with Gasteiger partial charge in [0, 0.05) is 0 Å². The first-order valence-corrected chi connectivity index (χ1v) is 12.4. The van der Waals surface area contributed by atoms with E-state index in [0.717, 1.165) is 12.2 Å². The molecule has 0 fully saturated rings. The number of ether oxygens (including phenoxy) is 6. The summed E-state index contributed by atoms with van der Waals surface area (Å²) in [5.41, 5.74) is 1.38. The molecule has 0 aliphatic heterocycles. The summed E-state index contributed by atoms with van der Waals surface area (Å²) in [6.07, 6.45) is 9.36. The van der Waals surface area contributed by atoms with Crippen LogP contribution in [0.25, 0.3) is 0 Å². The van der Waals surface area contributed by atoms with Crippen LogP contribution in [0.5, 0.6) is 5.75 Å². The smallest absolute Gasteiger partial charge is 0.307 e. The molecule has 0 N–H and O–H groups in total. The topological polar surface area (TPSA) is 72.5 Å². The monoisotopic (exact) mass is 468 g/mol. The van der Waals surface area contributed by atoms with E-state index in [4.69, 9.17) is 23.7 Å². The fourth-order valence-corrected chi connectivity index (χ4v) is 3.10. The molecule has 33 heavy (non-hydrogen) atoms. The Bertz CT molecular complexity index is 562. The third kappa shape index (κ3) is 18.4. The predicted molar refractivity (Wildman–Crippen MR) is 129 cm³/mol. The normalized spacial score (nSPS) is 11.0. The van der Waals surface area contributed by atoms with Gasteiger partial charge in [-0.3, -0.25) is 4.79 Å². The zero-order valence-corrected chi connectivity index (χ0v) is 20.7. The molecule has 190 valence electrons. The number of aryl methyl sites for hydroxylation is 1. The minimum Gasteiger partial charge on any atom is -0.491 e. The third-order valence-corrected chi connectivity index (χ3v) is 5.03. The lowest BCUT2D eigenvalue weighted by molar-refractivity contribution is -0.141. The van der Waals surface area contributed by atoms with E-state index >= 15 is 0 Å². The highest BCUT2D eigenvalue weighted by molar-refractivity contribution is 5.69. The van der Waals surface area contributed by atoms with Crippen LogP contribution >= 0.6 is 0 Å². The van der Waals surface area contributed by atoms with Crippen molar-refractivity contribution in [2.75, 3.05) is 66.6 Å². The van der Waals surface area contributed by atoms with Crippen molar-refractivity contribution in [3.8, 4) is 5.75 Å². The van der Waals surface area contributed by atoms with Crippen molar-refractivity contribution in [3.63, 3.8) is 0 Å². The molecule has 0 aliphatic carbocycles. The fourth-order valence-electron chi connectivity index (χ4n) is 3.10. The molecule has 1 aromatic carbocycles. The molecule has 7 heteroatoms. The highest BCUT2D eigenvalue weighted by Gasteiger charge is 2.00. The quantitative estimate of drug-likeness (QED) is 0.172. The van der Waals surface area contributed by atoms with Crippen LogP contribution in [0.3, 0.4) is 0 Å². The second-order valence-electron chi connectivity index (χ2n) is 7.79. The SMILES string of the molecule is CCCCCCCCc1ccc(OCCOCCOCCOCCOCCC(=O)OC)cc1. The summed E-state index contributed by atoms with van der Waals surface area (Å²) < 4.78 is 31.9. The summed E-state index contributed by atoms with van der Waals surface area (Å²) in [5.74, 6) is 0.610. The van der Waals surface area contributed by atoms with E-state index in [1.807, 2.05) is 12.1 Å². The summed E-state index contributed by atoms with van der Waals surface area (Å²) in [6, 6.07) is 8.40. The zero-order valence-electron chi connectivity index (χ0n) is 20.7. The molecule has 0 spiro atoms. The van der Waals surface area contributed by atoms with Gasteiger partial charge in [-0.25, -0.2) is 0 Å². The summed E-state index contributed by atoms with van der Waals surface area (Å²) in [4.78, 5) is 10.9. The number of rotatable bonds is 23. The van der Waals surface area contributed by atoms with Crippen molar-refractivity contribution in [1.82, 2.24) is 0 Å². The minimum absolute atomic E-state index is 0.260. The first-order chi connectivity index (χ1) is 16.3. The highest BCUT2D eigenvalue weighted by atomic mass is 16.6. The van der Waals surface area contributed by atoms with Crippen LogP contribution in [0.2, 0.25) is 0 Å². The van der Waals surface area contributed by atoms with Gasteiger partial charge in [0.1, 0.15) is 12.4 Å². The maximum absolute atomic E-state index is 10.9. The van der Waals surface area contributed by atoms with Crippen LogP contribution in [0.15, 0.2) is 24.3 Å². The second-order valence-corrected chi connectivity index (χ2v) is 7.79. The van der Waals surface area contributed by atoms with Gasteiger partial charge in [0.15, 0.2) is 0 Å². The molecule has 0 atom stereocenters. The number of esters is 1. The first-order valence-electron chi connectivity index (χ1n) is 12.4. The highest BCUT2D eigenvalue weighted by Crippen LogP contribution is 2.15. The van der Waals surface area contributed by atoms with E-state index in [1.54, 1.807) is 0 Å². The zero-order chi connectivity index (χ0) is 23.8. The molecular formula is C26H44O7. The minimum atomic E-state index is -0.272. The molecule has 0 amide bonds. The Morgan fingerprint density at radius 3 is 1.76 bits per heavy atom. The molecule has 0 saturated carbocycles. The van der Waals surface area contributed by atoms with E-state index in [2.05, 4.69) is 23.8 Å². The Kier molecular flexibility index (Phi) is 19.7. The van der Waals surface area contributed by atoms with Gasteiger partial charge in [0.25, 0.3) is 0 Å². The van der Waals surface area contributed by atoms with Crippen LogP contribution in [0, 0.1) is 0 Å². The number of carbonyl (C=O) groups is 1. The lowest BCUT2D eigenvalue weighted by Crippen LogP contribution is -2.14. The molecule has 0 aliphatic rings. The van der Waals surface area contributed by atoms with Gasteiger partial charge in [-0.1, -0.05) is 51.2 Å². The first kappa shape index (κ1) is 29.4. The van der Waals surface area contributed by atoms with E-state index in [9.17, 15) is 4.79 Å². The number of unbranched alkanes of at least 4 members (excludes halogenated alkanes) is 5. The fraction of sp³-hybridized carbons (Fsp3) is 0.731. The summed E-state index contributed by atoms with van der Waals surface area (Å²) >= 11 is 0. The number of hydrogen-bond acceptors (Lipinski definition) is 7. The van der Waals surface area contributed by atoms with Gasteiger partial charge in [-0.15, -0.1) is 0 Å². The van der Waals surface area contributed by atoms with E-state index in [-0.39, 0.29) is 12.4 Å². The molecule has 0 aromatic heterocycles. The molecule has 0 bridgehead atoms. The van der Waals surface area contributed by atoms with Gasteiger partial charge in [0.2, 0.25) is 0 Å². The Labute approximate surface area is 200 Å². The average molecular weight is 469 g/mol. The van der Waals surface area contributed by atoms with Crippen molar-refractivity contribution >= 4 is 5.97 Å². The molecular weight excluding hydrogens is 424 g/mol. The summed E-state index contributed by atoms with van der Waals surface area (Å²) in [6.45, 7) is 6.62. The molecule has 0 heterocycles. The molecule has 0 unspecified atom stereocenters. The van der Waals surface area contributed by atoms with Crippen molar-refractivity contribution in [1.29, 1.82) is 0 Å². The van der Waals surface area contributed by atoms with Crippen molar-refractivity contribution < 1.29 is 33.2 Å². The van der Waals surface area contributed by atoms with Gasteiger partial charge in [0.05, 0.1) is 66.4 Å². The van der Waals surface area contributed by atoms with Crippen LogP contribution < -0.4 is 4.74 Å². The average Bonchev–Trinajstić information content (AvgIpc) is 2.84.